The number of amides is 1. The van der Waals surface area contributed by atoms with E-state index >= 15 is 0 Å². The average Bonchev–Trinajstić information content (AvgIpc) is 2.63. The van der Waals surface area contributed by atoms with Crippen LogP contribution in [0.4, 0.5) is 5.69 Å². The number of hydrogen-bond acceptors (Lipinski definition) is 6. The van der Waals surface area contributed by atoms with Crippen LogP contribution in [0.1, 0.15) is 29.9 Å². The molecule has 25 heavy (non-hydrogen) atoms. The third kappa shape index (κ3) is 5.18. The van der Waals surface area contributed by atoms with E-state index in [9.17, 15) is 9.59 Å². The number of H-pyrrole nitrogens is 1. The van der Waals surface area contributed by atoms with Crippen LogP contribution in [0.3, 0.4) is 0 Å². The van der Waals surface area contributed by atoms with Crippen LogP contribution in [0.5, 0.6) is 0 Å². The van der Waals surface area contributed by atoms with Crippen LogP contribution in [-0.2, 0) is 0 Å². The predicted molar refractivity (Wildman–Crippen MR) is 102 cm³/mol. The molecule has 1 heterocycles. The van der Waals surface area contributed by atoms with E-state index in [-0.39, 0.29) is 11.3 Å². The Balaban J connectivity index is 2.02. The third-order valence-electron chi connectivity index (χ3n) is 3.55. The van der Waals surface area contributed by atoms with Gasteiger partial charge in [0, 0.05) is 24.8 Å². The Morgan fingerprint density at radius 1 is 1.32 bits per heavy atom. The van der Waals surface area contributed by atoms with E-state index in [1.165, 1.54) is 11.8 Å². The summed E-state index contributed by atoms with van der Waals surface area (Å²) in [4.78, 5) is 32.3. The van der Waals surface area contributed by atoms with Crippen molar-refractivity contribution in [2.24, 2.45) is 5.10 Å². The minimum absolute atomic E-state index is 0.0298. The molecular formula is C17H21N5O2S. The van der Waals surface area contributed by atoms with Gasteiger partial charge in [0.1, 0.15) is 5.69 Å². The third-order valence-corrected chi connectivity index (χ3v) is 4.13. The van der Waals surface area contributed by atoms with Gasteiger partial charge >= 0.3 is 0 Å². The highest BCUT2D eigenvalue weighted by molar-refractivity contribution is 7.98. The number of thioether (sulfide) groups is 1. The van der Waals surface area contributed by atoms with Crippen LogP contribution in [0.25, 0.3) is 0 Å². The monoisotopic (exact) mass is 359 g/mol. The predicted octanol–water partition coefficient (Wildman–Crippen LogP) is 2.10. The molecule has 1 aromatic heterocycles. The molecule has 8 heteroatoms. The summed E-state index contributed by atoms with van der Waals surface area (Å²) in [5.41, 5.74) is 4.04. The Labute approximate surface area is 150 Å². The number of rotatable bonds is 7. The summed E-state index contributed by atoms with van der Waals surface area (Å²) < 4.78 is 0. The van der Waals surface area contributed by atoms with E-state index in [1.807, 2.05) is 24.3 Å². The van der Waals surface area contributed by atoms with Crippen LogP contribution < -0.4 is 15.9 Å². The van der Waals surface area contributed by atoms with E-state index in [1.54, 1.807) is 12.5 Å². The Morgan fingerprint density at radius 3 is 2.60 bits per heavy atom. The number of anilines is 1. The van der Waals surface area contributed by atoms with Crippen LogP contribution in [0.2, 0.25) is 0 Å². The summed E-state index contributed by atoms with van der Waals surface area (Å²) in [6.07, 6.45) is 3.31. The maximum Gasteiger partial charge on any atom is 0.290 e. The van der Waals surface area contributed by atoms with E-state index in [0.717, 1.165) is 30.4 Å². The molecule has 0 aliphatic carbocycles. The molecule has 0 saturated heterocycles. The van der Waals surface area contributed by atoms with Crippen molar-refractivity contribution in [3.63, 3.8) is 0 Å². The fourth-order valence-electron chi connectivity index (χ4n) is 2.23. The molecule has 0 unspecified atom stereocenters. The second-order valence-electron chi connectivity index (χ2n) is 5.10. The second kappa shape index (κ2) is 9.03. The number of nitrogens with one attached hydrogen (secondary N) is 2. The topological polar surface area (TPSA) is 90.5 Å². The molecule has 132 valence electrons. The number of hydrogen-bond donors (Lipinski definition) is 2. The lowest BCUT2D eigenvalue weighted by Crippen LogP contribution is -2.22. The Kier molecular flexibility index (Phi) is 6.76. The SMILES string of the molecule is CCN(CC)c1ccc(/C=N/NC(=O)c2cc(=O)[nH]c(SC)n2)cc1. The molecule has 7 nitrogen and oxygen atoms in total. The lowest BCUT2D eigenvalue weighted by molar-refractivity contribution is 0.0949. The highest BCUT2D eigenvalue weighted by Crippen LogP contribution is 2.14. The van der Waals surface area contributed by atoms with Gasteiger partial charge in [-0.05, 0) is 37.8 Å². The molecule has 0 bridgehead atoms. The molecule has 2 aromatic rings. The van der Waals surface area contributed by atoms with Crippen molar-refractivity contribution in [1.29, 1.82) is 0 Å². The first-order valence-electron chi connectivity index (χ1n) is 7.91. The van der Waals surface area contributed by atoms with Gasteiger partial charge in [-0.25, -0.2) is 10.4 Å². The quantitative estimate of drug-likeness (QED) is 0.342. The van der Waals surface area contributed by atoms with Crippen molar-refractivity contribution in [1.82, 2.24) is 15.4 Å². The highest BCUT2D eigenvalue weighted by atomic mass is 32.2. The van der Waals surface area contributed by atoms with E-state index in [0.29, 0.717) is 5.16 Å². The van der Waals surface area contributed by atoms with Crippen molar-refractivity contribution in [3.05, 3.63) is 51.9 Å². The molecule has 1 aromatic carbocycles. The lowest BCUT2D eigenvalue weighted by Gasteiger charge is -2.20. The number of benzene rings is 1. The maximum absolute atomic E-state index is 12.0. The summed E-state index contributed by atoms with van der Waals surface area (Å²) >= 11 is 1.25. The van der Waals surface area contributed by atoms with Crippen LogP contribution in [-0.4, -0.2) is 41.4 Å². The van der Waals surface area contributed by atoms with Crippen molar-refractivity contribution in [2.45, 2.75) is 19.0 Å². The van der Waals surface area contributed by atoms with Gasteiger partial charge in [0.25, 0.3) is 11.5 Å². The van der Waals surface area contributed by atoms with Crippen molar-refractivity contribution >= 4 is 29.6 Å². The van der Waals surface area contributed by atoms with Gasteiger partial charge in [-0.2, -0.15) is 5.10 Å². The summed E-state index contributed by atoms with van der Waals surface area (Å²) in [5, 5.41) is 4.30. The van der Waals surface area contributed by atoms with Gasteiger partial charge < -0.3 is 9.88 Å². The number of carbonyl (C=O) groups is 1. The smallest absolute Gasteiger partial charge is 0.290 e. The van der Waals surface area contributed by atoms with Crippen LogP contribution >= 0.6 is 11.8 Å². The normalized spacial score (nSPS) is 10.8. The van der Waals surface area contributed by atoms with Gasteiger partial charge in [-0.15, -0.1) is 0 Å². The number of carbonyl (C=O) groups excluding carboxylic acids is 1. The molecule has 0 aliphatic rings. The van der Waals surface area contributed by atoms with Gasteiger partial charge in [0.2, 0.25) is 0 Å². The summed E-state index contributed by atoms with van der Waals surface area (Å²) in [5.74, 6) is -0.530. The van der Waals surface area contributed by atoms with Crippen molar-refractivity contribution < 1.29 is 4.79 Å². The number of hydrazone groups is 1. The molecule has 2 rings (SSSR count). The number of aromatic nitrogens is 2. The average molecular weight is 359 g/mol. The maximum atomic E-state index is 12.0. The molecular weight excluding hydrogens is 338 g/mol. The largest absolute Gasteiger partial charge is 0.372 e. The number of aromatic amines is 1. The van der Waals surface area contributed by atoms with E-state index < -0.39 is 5.91 Å². The Hall–Kier alpha value is -2.61. The molecule has 0 saturated carbocycles. The molecule has 1 amide bonds. The summed E-state index contributed by atoms with van der Waals surface area (Å²) in [6, 6.07) is 9.03. The second-order valence-corrected chi connectivity index (χ2v) is 5.90. The van der Waals surface area contributed by atoms with Crippen LogP contribution in [0.15, 0.2) is 45.4 Å². The molecule has 0 fully saturated rings. The first-order valence-corrected chi connectivity index (χ1v) is 9.13. The Morgan fingerprint density at radius 2 is 2.00 bits per heavy atom. The van der Waals surface area contributed by atoms with Crippen LogP contribution in [0, 0.1) is 0 Å². The zero-order valence-electron chi connectivity index (χ0n) is 14.4. The van der Waals surface area contributed by atoms with E-state index in [4.69, 9.17) is 0 Å². The first kappa shape index (κ1) is 18.7. The summed E-state index contributed by atoms with van der Waals surface area (Å²) in [7, 11) is 0. The lowest BCUT2D eigenvalue weighted by atomic mass is 10.2. The zero-order valence-corrected chi connectivity index (χ0v) is 15.3. The first-order chi connectivity index (χ1) is 12.1. The molecule has 0 radical (unpaired) electrons. The van der Waals surface area contributed by atoms with Gasteiger partial charge in [0.15, 0.2) is 5.16 Å². The van der Waals surface area contributed by atoms with Gasteiger partial charge in [0.05, 0.1) is 6.21 Å². The molecule has 2 N–H and O–H groups in total. The molecule has 0 aliphatic heterocycles. The zero-order chi connectivity index (χ0) is 18.2. The van der Waals surface area contributed by atoms with Crippen molar-refractivity contribution in [2.75, 3.05) is 24.2 Å². The standard InChI is InChI=1S/C17H21N5O2S/c1-4-22(5-2)13-8-6-12(7-9-13)11-18-21-16(24)14-10-15(23)20-17(19-14)25-3/h6-11H,4-5H2,1-3H3,(H,21,24)(H,19,20,23)/b18-11+. The summed E-state index contributed by atoms with van der Waals surface area (Å²) in [6.45, 7) is 6.11. The molecule has 0 atom stereocenters. The van der Waals surface area contributed by atoms with Gasteiger partial charge in [-0.3, -0.25) is 9.59 Å². The van der Waals surface area contributed by atoms with Crippen molar-refractivity contribution in [3.8, 4) is 0 Å². The van der Waals surface area contributed by atoms with E-state index in [2.05, 4.69) is 39.2 Å². The highest BCUT2D eigenvalue weighted by Gasteiger charge is 2.09. The minimum Gasteiger partial charge on any atom is -0.372 e. The number of nitrogens with zero attached hydrogens (tertiary/aromatic N) is 3. The Bertz CT molecular complexity index is 797. The fraction of sp³-hybridized carbons (Fsp3) is 0.294. The molecule has 0 spiro atoms. The fourth-order valence-corrected chi connectivity index (χ4v) is 2.62. The minimum atomic E-state index is -0.530. The van der Waals surface area contributed by atoms with Gasteiger partial charge in [-0.1, -0.05) is 23.9 Å².